The van der Waals surface area contributed by atoms with Crippen LogP contribution in [0.25, 0.3) is 10.9 Å². The Bertz CT molecular complexity index is 916. The summed E-state index contributed by atoms with van der Waals surface area (Å²) in [5, 5.41) is 1.19. The predicted octanol–water partition coefficient (Wildman–Crippen LogP) is 3.47. The number of hydrogen-bond acceptors (Lipinski definition) is 2. The van der Waals surface area contributed by atoms with E-state index in [9.17, 15) is 4.79 Å². The minimum Gasteiger partial charge on any atom is -0.335 e. The minimum absolute atomic E-state index is 0.115. The van der Waals surface area contributed by atoms with E-state index in [-0.39, 0.29) is 11.9 Å². The molecule has 0 N–H and O–H groups in total. The van der Waals surface area contributed by atoms with Gasteiger partial charge in [-0.3, -0.25) is 4.79 Å². The van der Waals surface area contributed by atoms with Crippen molar-refractivity contribution in [2.45, 2.75) is 19.5 Å². The normalized spacial score (nSPS) is 18.4. The molecule has 3 aromatic rings. The number of para-hydroxylation sites is 1. The molecule has 134 valence electrons. The fourth-order valence-electron chi connectivity index (χ4n) is 3.96. The molecule has 1 fully saturated rings. The van der Waals surface area contributed by atoms with Crippen LogP contribution in [0.5, 0.6) is 0 Å². The van der Waals surface area contributed by atoms with E-state index < -0.39 is 0 Å². The number of rotatable bonds is 3. The van der Waals surface area contributed by atoms with Gasteiger partial charge in [0.25, 0.3) is 0 Å². The molecule has 1 atom stereocenters. The first-order valence-electron chi connectivity index (χ1n) is 9.21. The standard InChI is InChI=1S/C22H25N3O/c1-17-14-19-10-6-7-11-20(19)25(17)16-22(26)24-13-12-23(2)15-21(24)18-8-4-3-5-9-18/h3-11,14,21H,12-13,15-16H2,1-2H3. The van der Waals surface area contributed by atoms with Gasteiger partial charge in [-0.2, -0.15) is 0 Å². The highest BCUT2D eigenvalue weighted by molar-refractivity contribution is 5.84. The van der Waals surface area contributed by atoms with Crippen molar-refractivity contribution >= 4 is 16.8 Å². The van der Waals surface area contributed by atoms with Gasteiger partial charge in [0.05, 0.1) is 6.04 Å². The maximum absolute atomic E-state index is 13.2. The van der Waals surface area contributed by atoms with Crippen molar-refractivity contribution in [1.82, 2.24) is 14.4 Å². The first kappa shape index (κ1) is 16.9. The van der Waals surface area contributed by atoms with Crippen LogP contribution in [0.2, 0.25) is 0 Å². The minimum atomic E-state index is 0.115. The Morgan fingerprint density at radius 2 is 1.77 bits per heavy atom. The summed E-state index contributed by atoms with van der Waals surface area (Å²) < 4.78 is 2.14. The molecular weight excluding hydrogens is 322 g/mol. The first-order valence-corrected chi connectivity index (χ1v) is 9.21. The van der Waals surface area contributed by atoms with Gasteiger partial charge in [0, 0.05) is 30.8 Å². The quantitative estimate of drug-likeness (QED) is 0.726. The van der Waals surface area contributed by atoms with Gasteiger partial charge in [0.15, 0.2) is 0 Å². The predicted molar refractivity (Wildman–Crippen MR) is 105 cm³/mol. The van der Waals surface area contributed by atoms with Crippen molar-refractivity contribution in [2.75, 3.05) is 26.7 Å². The molecule has 0 bridgehead atoms. The molecule has 4 nitrogen and oxygen atoms in total. The van der Waals surface area contributed by atoms with E-state index in [2.05, 4.69) is 70.8 Å². The molecule has 1 saturated heterocycles. The Labute approximate surface area is 154 Å². The van der Waals surface area contributed by atoms with Crippen molar-refractivity contribution in [3.8, 4) is 0 Å². The van der Waals surface area contributed by atoms with Gasteiger partial charge in [-0.15, -0.1) is 0 Å². The molecule has 0 saturated carbocycles. The smallest absolute Gasteiger partial charge is 0.243 e. The zero-order valence-corrected chi connectivity index (χ0v) is 15.4. The van der Waals surface area contributed by atoms with Crippen molar-refractivity contribution in [3.05, 3.63) is 71.9 Å². The lowest BCUT2D eigenvalue weighted by Crippen LogP contribution is -2.50. The number of piperazine rings is 1. The fourth-order valence-corrected chi connectivity index (χ4v) is 3.96. The van der Waals surface area contributed by atoms with Crippen LogP contribution in [-0.2, 0) is 11.3 Å². The molecule has 0 aliphatic carbocycles. The average Bonchev–Trinajstić information content (AvgIpc) is 2.98. The van der Waals surface area contributed by atoms with Crippen molar-refractivity contribution in [2.24, 2.45) is 0 Å². The van der Waals surface area contributed by atoms with E-state index in [1.165, 1.54) is 10.9 Å². The lowest BCUT2D eigenvalue weighted by molar-refractivity contribution is -0.136. The van der Waals surface area contributed by atoms with Crippen LogP contribution in [-0.4, -0.2) is 47.0 Å². The number of likely N-dealkylation sites (N-methyl/N-ethyl adjacent to an activating group) is 1. The Kier molecular flexibility index (Phi) is 4.51. The number of aryl methyl sites for hydroxylation is 1. The third-order valence-electron chi connectivity index (χ3n) is 5.40. The van der Waals surface area contributed by atoms with Gasteiger partial charge in [0.2, 0.25) is 5.91 Å². The second-order valence-corrected chi connectivity index (χ2v) is 7.21. The summed E-state index contributed by atoms with van der Waals surface area (Å²) in [6.07, 6.45) is 0. The van der Waals surface area contributed by atoms with E-state index in [1.807, 2.05) is 18.2 Å². The highest BCUT2D eigenvalue weighted by Gasteiger charge is 2.30. The second kappa shape index (κ2) is 6.96. The summed E-state index contributed by atoms with van der Waals surface area (Å²) in [7, 11) is 2.13. The molecule has 4 heteroatoms. The average molecular weight is 347 g/mol. The Morgan fingerprint density at radius 3 is 2.58 bits per heavy atom. The number of carbonyl (C=O) groups is 1. The molecule has 4 rings (SSSR count). The number of aromatic nitrogens is 1. The van der Waals surface area contributed by atoms with E-state index in [0.717, 1.165) is 30.8 Å². The van der Waals surface area contributed by atoms with Crippen LogP contribution < -0.4 is 0 Å². The SMILES string of the molecule is Cc1cc2ccccc2n1CC(=O)N1CCN(C)CC1c1ccccc1. The number of benzene rings is 2. The maximum atomic E-state index is 13.2. The molecule has 1 aromatic heterocycles. The van der Waals surface area contributed by atoms with Gasteiger partial charge in [0.1, 0.15) is 6.54 Å². The van der Waals surface area contributed by atoms with Gasteiger partial charge in [-0.05, 0) is 37.1 Å². The van der Waals surface area contributed by atoms with Gasteiger partial charge in [-0.1, -0.05) is 48.5 Å². The zero-order chi connectivity index (χ0) is 18.1. The third-order valence-corrected chi connectivity index (χ3v) is 5.40. The summed E-state index contributed by atoms with van der Waals surface area (Å²) in [4.78, 5) is 17.6. The molecule has 26 heavy (non-hydrogen) atoms. The summed E-state index contributed by atoms with van der Waals surface area (Å²) in [5.74, 6) is 0.191. The number of nitrogens with zero attached hydrogens (tertiary/aromatic N) is 3. The van der Waals surface area contributed by atoms with Gasteiger partial charge >= 0.3 is 0 Å². The van der Waals surface area contributed by atoms with E-state index in [1.54, 1.807) is 0 Å². The van der Waals surface area contributed by atoms with Crippen molar-refractivity contribution < 1.29 is 4.79 Å². The van der Waals surface area contributed by atoms with Crippen LogP contribution in [0.15, 0.2) is 60.7 Å². The summed E-state index contributed by atoms with van der Waals surface area (Å²) >= 11 is 0. The van der Waals surface area contributed by atoms with Crippen molar-refractivity contribution in [3.63, 3.8) is 0 Å². The first-order chi connectivity index (χ1) is 12.6. The van der Waals surface area contributed by atoms with Gasteiger partial charge in [-0.25, -0.2) is 0 Å². The Morgan fingerprint density at radius 1 is 1.04 bits per heavy atom. The van der Waals surface area contributed by atoms with E-state index in [0.29, 0.717) is 6.54 Å². The summed E-state index contributed by atoms with van der Waals surface area (Å²) in [6.45, 7) is 5.03. The summed E-state index contributed by atoms with van der Waals surface area (Å²) in [6, 6.07) is 20.9. The molecule has 1 unspecified atom stereocenters. The topological polar surface area (TPSA) is 28.5 Å². The molecule has 1 aliphatic heterocycles. The fraction of sp³-hybridized carbons (Fsp3) is 0.318. The number of carbonyl (C=O) groups excluding carboxylic acids is 1. The highest BCUT2D eigenvalue weighted by Crippen LogP contribution is 2.26. The maximum Gasteiger partial charge on any atom is 0.243 e. The molecule has 0 spiro atoms. The summed E-state index contributed by atoms with van der Waals surface area (Å²) in [5.41, 5.74) is 3.47. The molecule has 2 aromatic carbocycles. The second-order valence-electron chi connectivity index (χ2n) is 7.21. The van der Waals surface area contributed by atoms with Crippen molar-refractivity contribution in [1.29, 1.82) is 0 Å². The number of amides is 1. The zero-order valence-electron chi connectivity index (χ0n) is 15.4. The molecule has 2 heterocycles. The largest absolute Gasteiger partial charge is 0.335 e. The van der Waals surface area contributed by atoms with E-state index in [4.69, 9.17) is 0 Å². The van der Waals surface area contributed by atoms with Crippen LogP contribution in [0.1, 0.15) is 17.3 Å². The molecule has 0 radical (unpaired) electrons. The van der Waals surface area contributed by atoms with Gasteiger partial charge < -0.3 is 14.4 Å². The molecule has 1 aliphatic rings. The van der Waals surface area contributed by atoms with Crippen LogP contribution >= 0.6 is 0 Å². The number of fused-ring (bicyclic) bond motifs is 1. The molecule has 1 amide bonds. The van der Waals surface area contributed by atoms with Crippen LogP contribution in [0, 0.1) is 6.92 Å². The lowest BCUT2D eigenvalue weighted by atomic mass is 10.0. The number of hydrogen-bond donors (Lipinski definition) is 0. The van der Waals surface area contributed by atoms with E-state index >= 15 is 0 Å². The Balaban J connectivity index is 1.62. The molecular formula is C22H25N3O. The lowest BCUT2D eigenvalue weighted by Gasteiger charge is -2.40. The van der Waals surface area contributed by atoms with Crippen LogP contribution in [0.4, 0.5) is 0 Å². The third kappa shape index (κ3) is 3.13. The van der Waals surface area contributed by atoms with Crippen LogP contribution in [0.3, 0.4) is 0 Å². The monoisotopic (exact) mass is 347 g/mol. The Hall–Kier alpha value is -2.59. The highest BCUT2D eigenvalue weighted by atomic mass is 16.2.